The molecular formula is C16H18N2O2S. The predicted molar refractivity (Wildman–Crippen MR) is 82.3 cm³/mol. The van der Waals surface area contributed by atoms with Gasteiger partial charge in [-0.05, 0) is 31.9 Å². The molecule has 5 heteroatoms. The average Bonchev–Trinajstić information content (AvgIpc) is 2.84. The third-order valence-electron chi connectivity index (χ3n) is 3.56. The lowest BCUT2D eigenvalue weighted by atomic mass is 10.0. The summed E-state index contributed by atoms with van der Waals surface area (Å²) in [5.74, 6) is 1.75. The van der Waals surface area contributed by atoms with Crippen molar-refractivity contribution in [1.82, 2.24) is 10.5 Å². The van der Waals surface area contributed by atoms with Gasteiger partial charge in [-0.25, -0.2) is 0 Å². The first kappa shape index (κ1) is 14.2. The maximum atomic E-state index is 12.2. The molecule has 2 heterocycles. The van der Waals surface area contributed by atoms with Crippen molar-refractivity contribution in [3.8, 4) is 0 Å². The van der Waals surface area contributed by atoms with E-state index in [1.807, 2.05) is 18.7 Å². The Morgan fingerprint density at radius 1 is 1.43 bits per heavy atom. The lowest BCUT2D eigenvalue weighted by molar-refractivity contribution is -0.121. The Morgan fingerprint density at radius 3 is 3.05 bits per heavy atom. The number of carbonyl (C=O) groups is 1. The van der Waals surface area contributed by atoms with E-state index in [1.54, 1.807) is 6.07 Å². The third kappa shape index (κ3) is 3.29. The number of benzene rings is 1. The van der Waals surface area contributed by atoms with E-state index in [4.69, 9.17) is 4.52 Å². The van der Waals surface area contributed by atoms with Gasteiger partial charge < -0.3 is 9.84 Å². The van der Waals surface area contributed by atoms with Crippen LogP contribution in [-0.2, 0) is 11.2 Å². The number of fused-ring (bicyclic) bond motifs is 1. The van der Waals surface area contributed by atoms with Gasteiger partial charge in [0.2, 0.25) is 5.91 Å². The second-order valence-corrected chi connectivity index (χ2v) is 6.54. The number of thioether (sulfide) groups is 1. The Labute approximate surface area is 128 Å². The number of hydrogen-bond donors (Lipinski definition) is 1. The highest BCUT2D eigenvalue weighted by Crippen LogP contribution is 2.36. The van der Waals surface area contributed by atoms with Crippen molar-refractivity contribution in [2.75, 3.05) is 5.75 Å². The minimum Gasteiger partial charge on any atom is -0.361 e. The van der Waals surface area contributed by atoms with Crippen LogP contribution in [0.25, 0.3) is 0 Å². The first-order valence-corrected chi connectivity index (χ1v) is 8.05. The summed E-state index contributed by atoms with van der Waals surface area (Å²) in [6.07, 6.45) is 1.23. The van der Waals surface area contributed by atoms with Crippen LogP contribution in [0, 0.1) is 13.8 Å². The fourth-order valence-corrected chi connectivity index (χ4v) is 3.68. The molecule has 0 saturated heterocycles. The van der Waals surface area contributed by atoms with Gasteiger partial charge in [-0.2, -0.15) is 0 Å². The van der Waals surface area contributed by atoms with Crippen molar-refractivity contribution in [1.29, 1.82) is 0 Å². The maximum absolute atomic E-state index is 12.2. The van der Waals surface area contributed by atoms with Gasteiger partial charge in [-0.1, -0.05) is 22.9 Å². The van der Waals surface area contributed by atoms with Crippen LogP contribution in [0.4, 0.5) is 0 Å². The monoisotopic (exact) mass is 302 g/mol. The van der Waals surface area contributed by atoms with Crippen LogP contribution >= 0.6 is 11.8 Å². The molecule has 0 fully saturated rings. The summed E-state index contributed by atoms with van der Waals surface area (Å²) >= 11 is 1.86. The van der Waals surface area contributed by atoms with E-state index in [2.05, 4.69) is 35.6 Å². The summed E-state index contributed by atoms with van der Waals surface area (Å²) in [7, 11) is 0. The number of nitrogens with one attached hydrogen (secondary N) is 1. The Morgan fingerprint density at radius 2 is 2.29 bits per heavy atom. The maximum Gasteiger partial charge on any atom is 0.226 e. The van der Waals surface area contributed by atoms with Crippen LogP contribution in [0.15, 0.2) is 33.7 Å². The Hall–Kier alpha value is -1.75. The molecule has 1 N–H and O–H groups in total. The van der Waals surface area contributed by atoms with Gasteiger partial charge in [0.05, 0.1) is 18.2 Å². The fraction of sp³-hybridized carbons (Fsp3) is 0.375. The summed E-state index contributed by atoms with van der Waals surface area (Å²) in [6.45, 7) is 3.91. The largest absolute Gasteiger partial charge is 0.361 e. The molecule has 4 nitrogen and oxygen atoms in total. The van der Waals surface area contributed by atoms with Crippen LogP contribution in [0.2, 0.25) is 0 Å². The van der Waals surface area contributed by atoms with E-state index in [9.17, 15) is 4.79 Å². The van der Waals surface area contributed by atoms with Gasteiger partial charge in [-0.15, -0.1) is 11.8 Å². The number of aromatic nitrogens is 1. The van der Waals surface area contributed by atoms with Gasteiger partial charge in [0.15, 0.2) is 0 Å². The zero-order valence-electron chi connectivity index (χ0n) is 12.2. The van der Waals surface area contributed by atoms with Crippen molar-refractivity contribution in [3.63, 3.8) is 0 Å². The molecule has 0 unspecified atom stereocenters. The standard InChI is InChI=1S/C16H18N2O2S/c1-10-3-4-15-13(7-10)14(5-6-21-15)17-16(19)9-12-8-11(2)20-18-12/h3-4,7-8,14H,5-6,9H2,1-2H3,(H,17,19)/t14-/m1/s1. The molecule has 1 aliphatic rings. The van der Waals surface area contributed by atoms with Gasteiger partial charge >= 0.3 is 0 Å². The van der Waals surface area contributed by atoms with Gasteiger partial charge in [-0.3, -0.25) is 4.79 Å². The number of carbonyl (C=O) groups excluding carboxylic acids is 1. The van der Waals surface area contributed by atoms with Crippen LogP contribution in [0.1, 0.15) is 35.0 Å². The molecule has 0 radical (unpaired) electrons. The number of rotatable bonds is 3. The molecule has 1 aromatic carbocycles. The average molecular weight is 302 g/mol. The number of aryl methyl sites for hydroxylation is 2. The second kappa shape index (κ2) is 5.93. The molecule has 1 amide bonds. The molecule has 1 aliphatic heterocycles. The van der Waals surface area contributed by atoms with E-state index in [1.165, 1.54) is 16.0 Å². The second-order valence-electron chi connectivity index (χ2n) is 5.40. The Kier molecular flexibility index (Phi) is 4.01. The zero-order chi connectivity index (χ0) is 14.8. The van der Waals surface area contributed by atoms with Crippen molar-refractivity contribution in [2.24, 2.45) is 0 Å². The predicted octanol–water partition coefficient (Wildman–Crippen LogP) is 3.19. The number of amides is 1. The van der Waals surface area contributed by atoms with E-state index < -0.39 is 0 Å². The molecule has 3 rings (SSSR count). The van der Waals surface area contributed by atoms with Gasteiger partial charge in [0.1, 0.15) is 5.76 Å². The SMILES string of the molecule is Cc1ccc2c(c1)[C@H](NC(=O)Cc1cc(C)on1)CCS2. The lowest BCUT2D eigenvalue weighted by Gasteiger charge is -2.26. The van der Waals surface area contributed by atoms with Gasteiger partial charge in [0, 0.05) is 16.7 Å². The Bertz CT molecular complexity index is 666. The highest BCUT2D eigenvalue weighted by molar-refractivity contribution is 7.99. The van der Waals surface area contributed by atoms with E-state index in [0.717, 1.165) is 17.9 Å². The topological polar surface area (TPSA) is 55.1 Å². The molecule has 21 heavy (non-hydrogen) atoms. The fourth-order valence-electron chi connectivity index (χ4n) is 2.57. The van der Waals surface area contributed by atoms with Crippen LogP contribution < -0.4 is 5.32 Å². The molecular weight excluding hydrogens is 284 g/mol. The van der Waals surface area contributed by atoms with Crippen molar-refractivity contribution < 1.29 is 9.32 Å². The van der Waals surface area contributed by atoms with E-state index in [0.29, 0.717) is 5.69 Å². The molecule has 2 aromatic rings. The minimum atomic E-state index is -0.00680. The summed E-state index contributed by atoms with van der Waals surface area (Å²) in [4.78, 5) is 13.5. The highest BCUT2D eigenvalue weighted by Gasteiger charge is 2.22. The first-order chi connectivity index (χ1) is 10.1. The number of nitrogens with zero attached hydrogens (tertiary/aromatic N) is 1. The summed E-state index contributed by atoms with van der Waals surface area (Å²) in [6, 6.07) is 8.34. The normalized spacial score (nSPS) is 17.3. The van der Waals surface area contributed by atoms with E-state index in [-0.39, 0.29) is 18.4 Å². The lowest BCUT2D eigenvalue weighted by Crippen LogP contribution is -2.31. The summed E-state index contributed by atoms with van der Waals surface area (Å²) in [5.41, 5.74) is 3.14. The molecule has 0 aliphatic carbocycles. The van der Waals surface area contributed by atoms with Crippen LogP contribution in [0.5, 0.6) is 0 Å². The Balaban J connectivity index is 1.71. The van der Waals surface area contributed by atoms with Gasteiger partial charge in [0.25, 0.3) is 0 Å². The molecule has 1 atom stereocenters. The van der Waals surface area contributed by atoms with Crippen LogP contribution in [-0.4, -0.2) is 16.8 Å². The molecule has 0 saturated carbocycles. The smallest absolute Gasteiger partial charge is 0.226 e. The molecule has 0 spiro atoms. The first-order valence-electron chi connectivity index (χ1n) is 7.07. The molecule has 0 bridgehead atoms. The van der Waals surface area contributed by atoms with E-state index >= 15 is 0 Å². The third-order valence-corrected chi connectivity index (χ3v) is 4.68. The molecule has 1 aromatic heterocycles. The minimum absolute atomic E-state index is 0.00680. The summed E-state index contributed by atoms with van der Waals surface area (Å²) in [5, 5.41) is 6.99. The van der Waals surface area contributed by atoms with Crippen molar-refractivity contribution in [2.45, 2.75) is 37.6 Å². The molecule has 110 valence electrons. The highest BCUT2D eigenvalue weighted by atomic mass is 32.2. The van der Waals surface area contributed by atoms with Crippen LogP contribution in [0.3, 0.4) is 0 Å². The zero-order valence-corrected chi connectivity index (χ0v) is 13.0. The number of hydrogen-bond acceptors (Lipinski definition) is 4. The quantitative estimate of drug-likeness (QED) is 0.946. The van der Waals surface area contributed by atoms with Crippen molar-refractivity contribution in [3.05, 3.63) is 46.8 Å². The van der Waals surface area contributed by atoms with Crippen molar-refractivity contribution >= 4 is 17.7 Å². The summed E-state index contributed by atoms with van der Waals surface area (Å²) < 4.78 is 4.99.